The molecule has 0 atom stereocenters. The molecule has 0 saturated carbocycles. The second-order valence-electron chi connectivity index (χ2n) is 5.20. The van der Waals surface area contributed by atoms with Crippen LogP contribution in [0.2, 0.25) is 0 Å². The summed E-state index contributed by atoms with van der Waals surface area (Å²) in [6.45, 7) is 0.244. The molecule has 29 heavy (non-hydrogen) atoms. The van der Waals surface area contributed by atoms with E-state index >= 15 is 0 Å². The number of halogens is 2. The van der Waals surface area contributed by atoms with Crippen LogP contribution < -0.4 is 16.9 Å². The van der Waals surface area contributed by atoms with Crippen molar-refractivity contribution in [3.8, 4) is 0 Å². The molecule has 3 aromatic rings. The van der Waals surface area contributed by atoms with Gasteiger partial charge in [-0.05, 0) is 54.8 Å². The molecule has 2 aromatic heterocycles. The van der Waals surface area contributed by atoms with Gasteiger partial charge in [0.05, 0.1) is 16.7 Å². The Morgan fingerprint density at radius 2 is 2.00 bits per heavy atom. The highest BCUT2D eigenvalue weighted by Gasteiger charge is 2.16. The number of benzene rings is 1. The Morgan fingerprint density at radius 3 is 2.69 bits per heavy atom. The van der Waals surface area contributed by atoms with Gasteiger partial charge in [0.1, 0.15) is 5.82 Å². The summed E-state index contributed by atoms with van der Waals surface area (Å²) in [5, 5.41) is 24.0. The lowest BCUT2D eigenvalue weighted by atomic mass is 10.3. The molecule has 0 fully saturated rings. The van der Waals surface area contributed by atoms with Crippen molar-refractivity contribution in [1.82, 2.24) is 26.1 Å². The fourth-order valence-corrected chi connectivity index (χ4v) is 3.11. The van der Waals surface area contributed by atoms with Gasteiger partial charge >= 0.3 is 0 Å². The number of nitrogens with zero attached hydrogens (tertiary/aromatic N) is 6. The molecule has 3 rings (SSSR count). The van der Waals surface area contributed by atoms with E-state index < -0.39 is 5.82 Å². The predicted molar refractivity (Wildman–Crippen MR) is 105 cm³/mol. The third kappa shape index (κ3) is 5.07. The Hall–Kier alpha value is -3.04. The average molecular weight is 486 g/mol. The van der Waals surface area contributed by atoms with Crippen molar-refractivity contribution in [3.63, 3.8) is 0 Å². The fourth-order valence-electron chi connectivity index (χ4n) is 2.00. The lowest BCUT2D eigenvalue weighted by molar-refractivity contribution is 0.233. The molecule has 0 amide bonds. The first kappa shape index (κ1) is 20.7. The first-order valence-corrected chi connectivity index (χ1v) is 9.55. The summed E-state index contributed by atoms with van der Waals surface area (Å²) < 4.78 is 22.8. The summed E-state index contributed by atoms with van der Waals surface area (Å²) in [6, 6.07) is 4.20. The standard InChI is InChI=1S/C14H13BrFN9O3S/c15-7-5-6(1-2-8(7)16)20-11(17)10-14(25-28-23-10)29-4-3-19-13(21-26)9-12(18)24-27-22-9/h1-2,5,26H,3-4H2,(H2,17,20)(H2,18,24)(H,19,21). The molecule has 12 nitrogen and oxygen atoms in total. The first-order chi connectivity index (χ1) is 14.0. The zero-order valence-electron chi connectivity index (χ0n) is 14.4. The molecule has 0 aliphatic carbocycles. The third-order valence-corrected chi connectivity index (χ3v) is 4.83. The highest BCUT2D eigenvalue weighted by Crippen LogP contribution is 2.24. The van der Waals surface area contributed by atoms with Crippen molar-refractivity contribution in [3.05, 3.63) is 39.9 Å². The van der Waals surface area contributed by atoms with Gasteiger partial charge in [-0.25, -0.2) is 18.6 Å². The predicted octanol–water partition coefficient (Wildman–Crippen LogP) is 1.49. The molecule has 0 spiro atoms. The number of rotatable bonds is 7. The Bertz CT molecular complexity index is 1050. The SMILES string of the molecule is NC(=Nc1ccc(F)c(Br)c1)c1nonc1SCCN=C(NO)c1nonc1N. The Balaban J connectivity index is 1.65. The van der Waals surface area contributed by atoms with Gasteiger partial charge in [-0.1, -0.05) is 11.8 Å². The van der Waals surface area contributed by atoms with Gasteiger partial charge in [0.2, 0.25) is 0 Å². The molecule has 1 aromatic carbocycles. The average Bonchev–Trinajstić information content (AvgIpc) is 3.34. The van der Waals surface area contributed by atoms with Crippen molar-refractivity contribution in [2.75, 3.05) is 18.0 Å². The molecule has 2 heterocycles. The number of aromatic nitrogens is 4. The topological polar surface area (TPSA) is 187 Å². The number of aliphatic imine (C=N–C) groups is 2. The van der Waals surface area contributed by atoms with Gasteiger partial charge in [-0.2, -0.15) is 0 Å². The second-order valence-corrected chi connectivity index (χ2v) is 7.14. The summed E-state index contributed by atoms with van der Waals surface area (Å²) in [6.07, 6.45) is 0. The number of hydroxylamine groups is 1. The quantitative estimate of drug-likeness (QED) is 0.125. The van der Waals surface area contributed by atoms with Crippen LogP contribution in [-0.2, 0) is 0 Å². The van der Waals surface area contributed by atoms with E-state index in [0.717, 1.165) is 0 Å². The van der Waals surface area contributed by atoms with Crippen LogP contribution in [0.3, 0.4) is 0 Å². The molecule has 0 aliphatic heterocycles. The number of hydrogen-bond donors (Lipinski definition) is 4. The van der Waals surface area contributed by atoms with Crippen LogP contribution in [0.5, 0.6) is 0 Å². The molecular weight excluding hydrogens is 473 g/mol. The number of nitrogen functional groups attached to an aromatic ring is 1. The summed E-state index contributed by atoms with van der Waals surface area (Å²) in [4.78, 5) is 8.31. The summed E-state index contributed by atoms with van der Waals surface area (Å²) >= 11 is 4.33. The molecule has 0 radical (unpaired) electrons. The minimum atomic E-state index is -0.415. The molecule has 0 bridgehead atoms. The summed E-state index contributed by atoms with van der Waals surface area (Å²) in [5.41, 5.74) is 14.2. The molecule has 15 heteroatoms. The van der Waals surface area contributed by atoms with Crippen LogP contribution in [0.15, 0.2) is 46.9 Å². The molecule has 0 saturated heterocycles. The number of nitrogens with two attached hydrogens (primary N) is 2. The third-order valence-electron chi connectivity index (χ3n) is 3.30. The van der Waals surface area contributed by atoms with Crippen molar-refractivity contribution in [1.29, 1.82) is 0 Å². The Labute approximate surface area is 174 Å². The second kappa shape index (κ2) is 9.44. The Morgan fingerprint density at radius 1 is 1.24 bits per heavy atom. The van der Waals surface area contributed by atoms with Gasteiger partial charge in [0.15, 0.2) is 33.9 Å². The molecule has 0 aliphatic rings. The number of amidine groups is 2. The van der Waals surface area contributed by atoms with E-state index in [9.17, 15) is 4.39 Å². The van der Waals surface area contributed by atoms with E-state index in [2.05, 4.69) is 51.2 Å². The minimum absolute atomic E-state index is 0.00538. The number of nitrogens with one attached hydrogen (secondary N) is 1. The van der Waals surface area contributed by atoms with Gasteiger partial charge in [-0.15, -0.1) is 0 Å². The fraction of sp³-hybridized carbons (Fsp3) is 0.143. The van der Waals surface area contributed by atoms with Gasteiger partial charge < -0.3 is 11.5 Å². The lowest BCUT2D eigenvalue weighted by Crippen LogP contribution is -2.22. The maximum absolute atomic E-state index is 13.3. The highest BCUT2D eigenvalue weighted by molar-refractivity contribution is 9.10. The van der Waals surface area contributed by atoms with Gasteiger partial charge in [-0.3, -0.25) is 15.7 Å². The zero-order chi connectivity index (χ0) is 20.8. The smallest absolute Gasteiger partial charge is 0.199 e. The van der Waals surface area contributed by atoms with E-state index in [1.165, 1.54) is 30.0 Å². The van der Waals surface area contributed by atoms with E-state index in [-0.39, 0.29) is 39.9 Å². The van der Waals surface area contributed by atoms with E-state index in [1.54, 1.807) is 0 Å². The molecule has 152 valence electrons. The summed E-state index contributed by atoms with van der Waals surface area (Å²) in [5.74, 6) is 0.0489. The largest absolute Gasteiger partial charge is 0.382 e. The van der Waals surface area contributed by atoms with Crippen molar-refractivity contribution in [2.45, 2.75) is 5.03 Å². The lowest BCUT2D eigenvalue weighted by Gasteiger charge is -2.02. The normalized spacial score (nSPS) is 12.4. The number of anilines is 1. The van der Waals surface area contributed by atoms with E-state index in [1.807, 2.05) is 5.48 Å². The number of thioether (sulfide) groups is 1. The maximum Gasteiger partial charge on any atom is 0.199 e. The summed E-state index contributed by atoms with van der Waals surface area (Å²) in [7, 11) is 0. The van der Waals surface area contributed by atoms with Crippen molar-refractivity contribution in [2.24, 2.45) is 15.7 Å². The van der Waals surface area contributed by atoms with Crippen LogP contribution in [-0.4, -0.2) is 49.8 Å². The number of hydrogen-bond acceptors (Lipinski definition) is 11. The maximum atomic E-state index is 13.3. The zero-order valence-corrected chi connectivity index (χ0v) is 16.8. The van der Waals surface area contributed by atoms with Crippen LogP contribution in [0.1, 0.15) is 11.4 Å². The van der Waals surface area contributed by atoms with Gasteiger partial charge in [0, 0.05) is 5.75 Å². The van der Waals surface area contributed by atoms with Crippen LogP contribution in [0, 0.1) is 5.82 Å². The van der Waals surface area contributed by atoms with Crippen LogP contribution in [0.25, 0.3) is 0 Å². The van der Waals surface area contributed by atoms with Crippen molar-refractivity contribution >= 4 is 50.9 Å². The van der Waals surface area contributed by atoms with Gasteiger partial charge in [0.25, 0.3) is 0 Å². The molecule has 0 unspecified atom stereocenters. The van der Waals surface area contributed by atoms with Crippen LogP contribution >= 0.6 is 27.7 Å². The molecular formula is C14H13BrFN9O3S. The van der Waals surface area contributed by atoms with E-state index in [0.29, 0.717) is 16.5 Å². The minimum Gasteiger partial charge on any atom is -0.382 e. The van der Waals surface area contributed by atoms with E-state index in [4.69, 9.17) is 21.3 Å². The molecule has 6 N–H and O–H groups in total. The Kier molecular flexibility index (Phi) is 6.73. The monoisotopic (exact) mass is 485 g/mol. The van der Waals surface area contributed by atoms with Crippen molar-refractivity contribution < 1.29 is 18.9 Å². The first-order valence-electron chi connectivity index (χ1n) is 7.77. The highest BCUT2D eigenvalue weighted by atomic mass is 79.9. The van der Waals surface area contributed by atoms with Crippen LogP contribution in [0.4, 0.5) is 15.9 Å².